The fourth-order valence-corrected chi connectivity index (χ4v) is 5.21. The van der Waals surface area contributed by atoms with Gasteiger partial charge in [0, 0.05) is 68.2 Å². The van der Waals surface area contributed by atoms with Gasteiger partial charge in [-0.1, -0.05) is 0 Å². The second-order valence-corrected chi connectivity index (χ2v) is 9.31. The molecular weight excluding hydrogens is 440 g/mol. The molecule has 2 aromatic heterocycles. The maximum atomic E-state index is 13.1. The number of nitrogens with zero attached hydrogens (tertiary/aromatic N) is 1. The molecule has 3 heterocycles. The molecule has 8 heteroatoms. The van der Waals surface area contributed by atoms with Gasteiger partial charge in [0.2, 0.25) is 0 Å². The second-order valence-electron chi connectivity index (χ2n) is 7.56. The predicted molar refractivity (Wildman–Crippen MR) is 133 cm³/mol. The number of fused-ring (bicyclic) bond motifs is 2. The van der Waals surface area contributed by atoms with Crippen LogP contribution >= 0.6 is 23.5 Å². The van der Waals surface area contributed by atoms with Crippen LogP contribution in [-0.2, 0) is 16.1 Å². The number of imide groups is 1. The summed E-state index contributed by atoms with van der Waals surface area (Å²) >= 11 is 3.28. The standard InChI is InChI=1S/C24H22N4O2S2/c1-31-13-3-5-19-15(9-13)17(11-26-19)21-22(24(30)27-23(21)29)18-12-28(8-7-25)20-6-4-14(32-2)10-16(18)20/h3-6,9-12,26H,7-8,25H2,1-2H3,(H,27,29,30). The molecule has 4 N–H and O–H groups in total. The van der Waals surface area contributed by atoms with Gasteiger partial charge in [-0.05, 0) is 48.9 Å². The molecule has 0 saturated heterocycles. The van der Waals surface area contributed by atoms with E-state index in [0.717, 1.165) is 42.7 Å². The van der Waals surface area contributed by atoms with Crippen molar-refractivity contribution in [1.82, 2.24) is 14.9 Å². The van der Waals surface area contributed by atoms with Crippen molar-refractivity contribution >= 4 is 68.3 Å². The van der Waals surface area contributed by atoms with Crippen molar-refractivity contribution in [3.63, 3.8) is 0 Å². The van der Waals surface area contributed by atoms with Crippen LogP contribution in [0, 0.1) is 0 Å². The van der Waals surface area contributed by atoms with Crippen LogP contribution in [-0.4, -0.2) is 40.4 Å². The molecule has 0 spiro atoms. The van der Waals surface area contributed by atoms with E-state index in [1.54, 1.807) is 23.5 Å². The third-order valence-electron chi connectivity index (χ3n) is 5.82. The zero-order valence-corrected chi connectivity index (χ0v) is 19.3. The Hall–Kier alpha value is -2.94. The maximum absolute atomic E-state index is 13.1. The number of benzene rings is 2. The molecule has 0 radical (unpaired) electrons. The number of aromatic amines is 1. The molecular formula is C24H22N4O2S2. The number of H-pyrrole nitrogens is 1. The molecule has 2 amide bonds. The number of carbonyl (C=O) groups excluding carboxylic acids is 2. The van der Waals surface area contributed by atoms with E-state index in [9.17, 15) is 9.59 Å². The molecule has 2 aromatic carbocycles. The highest BCUT2D eigenvalue weighted by atomic mass is 32.2. The van der Waals surface area contributed by atoms with Gasteiger partial charge in [-0.25, -0.2) is 0 Å². The number of rotatable bonds is 6. The van der Waals surface area contributed by atoms with Gasteiger partial charge in [0.1, 0.15) is 0 Å². The third kappa shape index (κ3) is 3.26. The summed E-state index contributed by atoms with van der Waals surface area (Å²) in [7, 11) is 0. The molecule has 162 valence electrons. The second kappa shape index (κ2) is 8.20. The molecule has 1 aliphatic rings. The normalized spacial score (nSPS) is 14.2. The Labute approximate surface area is 193 Å². The van der Waals surface area contributed by atoms with E-state index in [-0.39, 0.29) is 11.8 Å². The summed E-state index contributed by atoms with van der Waals surface area (Å²) in [5, 5.41) is 4.38. The monoisotopic (exact) mass is 462 g/mol. The van der Waals surface area contributed by atoms with Gasteiger partial charge in [-0.15, -0.1) is 23.5 Å². The first kappa shape index (κ1) is 20.9. The van der Waals surface area contributed by atoms with Crippen LogP contribution in [0.15, 0.2) is 58.6 Å². The summed E-state index contributed by atoms with van der Waals surface area (Å²) in [4.78, 5) is 31.5. The number of thioether (sulfide) groups is 2. The van der Waals surface area contributed by atoms with Crippen LogP contribution in [0.2, 0.25) is 0 Å². The molecule has 0 unspecified atom stereocenters. The SMILES string of the molecule is CSc1ccc2[nH]cc(C3=C(c4cn(CCN)c5ccc(SC)cc45)C(=O)NC3=O)c2c1. The molecule has 0 bridgehead atoms. The fraction of sp³-hybridized carbons (Fsp3) is 0.167. The van der Waals surface area contributed by atoms with Gasteiger partial charge in [-0.2, -0.15) is 0 Å². The lowest BCUT2D eigenvalue weighted by atomic mass is 9.95. The van der Waals surface area contributed by atoms with E-state index < -0.39 is 0 Å². The van der Waals surface area contributed by atoms with Crippen LogP contribution in [0.25, 0.3) is 33.0 Å². The van der Waals surface area contributed by atoms with E-state index in [0.29, 0.717) is 24.2 Å². The summed E-state index contributed by atoms with van der Waals surface area (Å²) < 4.78 is 2.05. The van der Waals surface area contributed by atoms with Gasteiger partial charge in [0.15, 0.2) is 0 Å². The molecule has 5 rings (SSSR count). The topological polar surface area (TPSA) is 92.9 Å². The lowest BCUT2D eigenvalue weighted by Gasteiger charge is -2.05. The minimum Gasteiger partial charge on any atom is -0.361 e. The number of aromatic nitrogens is 2. The Bertz CT molecular complexity index is 1430. The minimum atomic E-state index is -0.374. The summed E-state index contributed by atoms with van der Waals surface area (Å²) in [5.41, 5.74) is 10.0. The van der Waals surface area contributed by atoms with Crippen LogP contribution in [0.5, 0.6) is 0 Å². The smallest absolute Gasteiger partial charge is 0.259 e. The molecule has 0 atom stereocenters. The van der Waals surface area contributed by atoms with Gasteiger partial charge in [-0.3, -0.25) is 14.9 Å². The van der Waals surface area contributed by atoms with Crippen molar-refractivity contribution in [2.45, 2.75) is 16.3 Å². The zero-order valence-electron chi connectivity index (χ0n) is 17.7. The number of hydrogen-bond donors (Lipinski definition) is 3. The lowest BCUT2D eigenvalue weighted by Crippen LogP contribution is -2.22. The Kier molecular flexibility index (Phi) is 5.36. The highest BCUT2D eigenvalue weighted by molar-refractivity contribution is 7.98. The van der Waals surface area contributed by atoms with Crippen LogP contribution in [0.1, 0.15) is 11.1 Å². The van der Waals surface area contributed by atoms with Gasteiger partial charge in [0.25, 0.3) is 11.8 Å². The summed E-state index contributed by atoms with van der Waals surface area (Å²) in [6.07, 6.45) is 7.79. The average Bonchev–Trinajstić information content (AvgIpc) is 3.46. The largest absolute Gasteiger partial charge is 0.361 e. The van der Waals surface area contributed by atoms with Gasteiger partial charge in [0.05, 0.1) is 11.1 Å². The Morgan fingerprint density at radius 3 is 2.25 bits per heavy atom. The highest BCUT2D eigenvalue weighted by Gasteiger charge is 2.35. The van der Waals surface area contributed by atoms with Crippen molar-refractivity contribution in [3.05, 3.63) is 59.9 Å². The Morgan fingerprint density at radius 2 is 1.56 bits per heavy atom. The predicted octanol–water partition coefficient (Wildman–Crippen LogP) is 4.09. The molecule has 4 aromatic rings. The first-order chi connectivity index (χ1) is 15.5. The fourth-order valence-electron chi connectivity index (χ4n) is 4.33. The van der Waals surface area contributed by atoms with Crippen molar-refractivity contribution in [2.75, 3.05) is 19.1 Å². The average molecular weight is 463 g/mol. The number of carbonyl (C=O) groups is 2. The number of amides is 2. The minimum absolute atomic E-state index is 0.373. The summed E-state index contributed by atoms with van der Waals surface area (Å²) in [6.45, 7) is 1.10. The van der Waals surface area contributed by atoms with Crippen LogP contribution in [0.3, 0.4) is 0 Å². The Balaban J connectivity index is 1.82. The first-order valence-electron chi connectivity index (χ1n) is 10.2. The maximum Gasteiger partial charge on any atom is 0.259 e. The van der Waals surface area contributed by atoms with Crippen molar-refractivity contribution in [3.8, 4) is 0 Å². The molecule has 6 nitrogen and oxygen atoms in total. The Morgan fingerprint density at radius 1 is 0.906 bits per heavy atom. The number of hydrogen-bond acceptors (Lipinski definition) is 5. The van der Waals surface area contributed by atoms with E-state index in [1.165, 1.54) is 0 Å². The van der Waals surface area contributed by atoms with Crippen molar-refractivity contribution in [2.24, 2.45) is 5.73 Å². The highest BCUT2D eigenvalue weighted by Crippen LogP contribution is 2.39. The summed E-state index contributed by atoms with van der Waals surface area (Å²) in [5.74, 6) is -0.747. The van der Waals surface area contributed by atoms with E-state index in [2.05, 4.69) is 33.1 Å². The van der Waals surface area contributed by atoms with Crippen molar-refractivity contribution < 1.29 is 9.59 Å². The van der Waals surface area contributed by atoms with Gasteiger partial charge >= 0.3 is 0 Å². The van der Waals surface area contributed by atoms with E-state index >= 15 is 0 Å². The van der Waals surface area contributed by atoms with Gasteiger partial charge < -0.3 is 15.3 Å². The lowest BCUT2D eigenvalue weighted by molar-refractivity contribution is -0.122. The number of nitrogens with two attached hydrogens (primary N) is 1. The molecule has 0 fully saturated rings. The molecule has 0 saturated carbocycles. The number of nitrogens with one attached hydrogen (secondary N) is 2. The molecule has 0 aliphatic carbocycles. The molecule has 32 heavy (non-hydrogen) atoms. The zero-order chi connectivity index (χ0) is 22.4. The third-order valence-corrected chi connectivity index (χ3v) is 7.27. The quantitative estimate of drug-likeness (QED) is 0.296. The van der Waals surface area contributed by atoms with Crippen molar-refractivity contribution in [1.29, 1.82) is 0 Å². The first-order valence-corrected chi connectivity index (χ1v) is 12.6. The summed E-state index contributed by atoms with van der Waals surface area (Å²) in [6, 6.07) is 12.3. The van der Waals surface area contributed by atoms with Crippen LogP contribution < -0.4 is 11.1 Å². The van der Waals surface area contributed by atoms with E-state index in [1.807, 2.05) is 43.1 Å². The molecule has 1 aliphatic heterocycles. The van der Waals surface area contributed by atoms with Crippen LogP contribution in [0.4, 0.5) is 0 Å². The van der Waals surface area contributed by atoms with E-state index in [4.69, 9.17) is 5.73 Å².